The second kappa shape index (κ2) is 8.96. The average Bonchev–Trinajstić information content (AvgIpc) is 2.49. The number of rotatable bonds is 9. The zero-order valence-corrected chi connectivity index (χ0v) is 13.1. The predicted molar refractivity (Wildman–Crippen MR) is 83.7 cm³/mol. The first-order chi connectivity index (χ1) is 10.5. The van der Waals surface area contributed by atoms with Gasteiger partial charge in [0.2, 0.25) is 5.91 Å². The molecule has 0 spiro atoms. The molecule has 1 rings (SSSR count). The van der Waals surface area contributed by atoms with Crippen LogP contribution in [0.2, 0.25) is 0 Å². The van der Waals surface area contributed by atoms with Crippen LogP contribution in [0.4, 0.5) is 5.69 Å². The fraction of sp³-hybridized carbons (Fsp3) is 0.600. The van der Waals surface area contributed by atoms with Gasteiger partial charge >= 0.3 is 0 Å². The van der Waals surface area contributed by atoms with Crippen LogP contribution in [-0.2, 0) is 11.3 Å². The van der Waals surface area contributed by atoms with E-state index < -0.39 is 4.92 Å². The Morgan fingerprint density at radius 3 is 2.59 bits per heavy atom. The first-order valence-corrected chi connectivity index (χ1v) is 7.62. The van der Waals surface area contributed by atoms with Gasteiger partial charge in [0.25, 0.3) is 11.2 Å². The largest absolute Gasteiger partial charge is 0.356 e. The van der Waals surface area contributed by atoms with E-state index in [1.54, 1.807) is 0 Å². The number of nitrogens with zero attached hydrogens (tertiary/aromatic N) is 2. The van der Waals surface area contributed by atoms with Crippen LogP contribution in [0.3, 0.4) is 0 Å². The van der Waals surface area contributed by atoms with Crippen molar-refractivity contribution in [2.24, 2.45) is 5.92 Å². The van der Waals surface area contributed by atoms with Gasteiger partial charge in [-0.3, -0.25) is 19.7 Å². The molecular formula is C15H23N3O4. The fourth-order valence-corrected chi connectivity index (χ4v) is 2.22. The first-order valence-electron chi connectivity index (χ1n) is 7.62. The Balaban J connectivity index is 2.39. The molecule has 7 heteroatoms. The SMILES string of the molecule is CCC(CC)C(=O)NCCCCn1cc([N+](=O)[O-])ccc1=O. The first kappa shape index (κ1) is 17.9. The van der Waals surface area contributed by atoms with E-state index in [1.165, 1.54) is 22.9 Å². The normalized spacial score (nSPS) is 10.7. The number of amides is 1. The second-order valence-electron chi connectivity index (χ2n) is 5.19. The number of aromatic nitrogens is 1. The molecule has 22 heavy (non-hydrogen) atoms. The Labute approximate surface area is 129 Å². The summed E-state index contributed by atoms with van der Waals surface area (Å²) in [6.07, 6.45) is 4.30. The van der Waals surface area contributed by atoms with Gasteiger partial charge in [-0.25, -0.2) is 0 Å². The van der Waals surface area contributed by atoms with Crippen LogP contribution in [0.25, 0.3) is 0 Å². The highest BCUT2D eigenvalue weighted by molar-refractivity contribution is 5.78. The third-order valence-electron chi connectivity index (χ3n) is 3.66. The molecule has 7 nitrogen and oxygen atoms in total. The number of hydrogen-bond acceptors (Lipinski definition) is 4. The molecule has 0 radical (unpaired) electrons. The maximum absolute atomic E-state index is 11.8. The highest BCUT2D eigenvalue weighted by atomic mass is 16.6. The standard InChI is InChI=1S/C15H23N3O4/c1-3-12(4-2)15(20)16-9-5-6-10-17-11-13(18(21)22)7-8-14(17)19/h7-8,11-12H,3-6,9-10H2,1-2H3,(H,16,20). The van der Waals surface area contributed by atoms with Gasteiger partial charge < -0.3 is 9.88 Å². The number of pyridine rings is 1. The highest BCUT2D eigenvalue weighted by Gasteiger charge is 2.12. The van der Waals surface area contributed by atoms with Crippen molar-refractivity contribution in [3.8, 4) is 0 Å². The van der Waals surface area contributed by atoms with Crippen molar-refractivity contribution in [2.45, 2.75) is 46.1 Å². The quantitative estimate of drug-likeness (QED) is 0.429. The van der Waals surface area contributed by atoms with Crippen molar-refractivity contribution in [2.75, 3.05) is 6.54 Å². The molecule has 0 atom stereocenters. The van der Waals surface area contributed by atoms with Crippen molar-refractivity contribution in [1.82, 2.24) is 9.88 Å². The Morgan fingerprint density at radius 1 is 1.32 bits per heavy atom. The summed E-state index contributed by atoms with van der Waals surface area (Å²) in [6, 6.07) is 2.40. The predicted octanol–water partition coefficient (Wildman–Crippen LogP) is 2.09. The van der Waals surface area contributed by atoms with Gasteiger partial charge in [-0.05, 0) is 25.7 Å². The van der Waals surface area contributed by atoms with Gasteiger partial charge in [0.15, 0.2) is 0 Å². The van der Waals surface area contributed by atoms with Crippen molar-refractivity contribution >= 4 is 11.6 Å². The molecule has 0 unspecified atom stereocenters. The number of carbonyl (C=O) groups excluding carboxylic acids is 1. The highest BCUT2D eigenvalue weighted by Crippen LogP contribution is 2.08. The summed E-state index contributed by atoms with van der Waals surface area (Å²) < 4.78 is 1.33. The topological polar surface area (TPSA) is 94.2 Å². The van der Waals surface area contributed by atoms with Crippen LogP contribution in [0, 0.1) is 16.0 Å². The lowest BCUT2D eigenvalue weighted by Crippen LogP contribution is -2.31. The van der Waals surface area contributed by atoms with Crippen LogP contribution in [-0.4, -0.2) is 21.9 Å². The fourth-order valence-electron chi connectivity index (χ4n) is 2.22. The Hall–Kier alpha value is -2.18. The van der Waals surface area contributed by atoms with Gasteiger partial charge in [0.1, 0.15) is 0 Å². The minimum Gasteiger partial charge on any atom is -0.356 e. The summed E-state index contributed by atoms with van der Waals surface area (Å²) in [4.78, 5) is 33.5. The Kier molecular flexibility index (Phi) is 7.28. The molecule has 1 heterocycles. The van der Waals surface area contributed by atoms with Crippen LogP contribution in [0.1, 0.15) is 39.5 Å². The van der Waals surface area contributed by atoms with E-state index >= 15 is 0 Å². The van der Waals surface area contributed by atoms with Crippen molar-refractivity contribution in [3.63, 3.8) is 0 Å². The van der Waals surface area contributed by atoms with Gasteiger partial charge in [-0.15, -0.1) is 0 Å². The van der Waals surface area contributed by atoms with Crippen LogP contribution < -0.4 is 10.9 Å². The Morgan fingerprint density at radius 2 is 2.00 bits per heavy atom. The van der Waals surface area contributed by atoms with E-state index in [1.807, 2.05) is 13.8 Å². The summed E-state index contributed by atoms with van der Waals surface area (Å²) in [5.74, 6) is 0.122. The summed E-state index contributed by atoms with van der Waals surface area (Å²) in [5, 5.41) is 13.6. The zero-order valence-electron chi connectivity index (χ0n) is 13.1. The third kappa shape index (κ3) is 5.31. The molecule has 1 N–H and O–H groups in total. The van der Waals surface area contributed by atoms with Gasteiger partial charge in [-0.1, -0.05) is 13.8 Å². The number of nitrogens with one attached hydrogen (secondary N) is 1. The van der Waals surface area contributed by atoms with Crippen molar-refractivity contribution in [1.29, 1.82) is 0 Å². The smallest absolute Gasteiger partial charge is 0.285 e. The number of aryl methyl sites for hydroxylation is 1. The van der Waals surface area contributed by atoms with E-state index in [0.29, 0.717) is 19.5 Å². The minimum atomic E-state index is -0.522. The van der Waals surface area contributed by atoms with Crippen molar-refractivity contribution < 1.29 is 9.72 Å². The molecule has 0 aliphatic carbocycles. The molecule has 0 saturated carbocycles. The molecule has 0 aromatic carbocycles. The lowest BCUT2D eigenvalue weighted by molar-refractivity contribution is -0.385. The summed E-state index contributed by atoms with van der Waals surface area (Å²) in [6.45, 7) is 4.94. The number of unbranched alkanes of at least 4 members (excludes halogenated alkanes) is 1. The Bertz CT molecular complexity index is 564. The zero-order chi connectivity index (χ0) is 16.5. The summed E-state index contributed by atoms with van der Waals surface area (Å²) in [5.41, 5.74) is -0.353. The maximum atomic E-state index is 11.8. The van der Waals surface area contributed by atoms with Crippen molar-refractivity contribution in [3.05, 3.63) is 38.8 Å². The van der Waals surface area contributed by atoms with Gasteiger partial charge in [0, 0.05) is 31.1 Å². The van der Waals surface area contributed by atoms with E-state index in [9.17, 15) is 19.7 Å². The molecule has 0 fully saturated rings. The molecule has 0 saturated heterocycles. The molecular weight excluding hydrogens is 286 g/mol. The minimum absolute atomic E-state index is 0.0550. The molecule has 1 aromatic rings. The number of nitro groups is 1. The molecule has 122 valence electrons. The lowest BCUT2D eigenvalue weighted by atomic mass is 10.0. The molecule has 1 amide bonds. The number of carbonyl (C=O) groups is 1. The maximum Gasteiger partial charge on any atom is 0.285 e. The van der Waals surface area contributed by atoms with E-state index in [2.05, 4.69) is 5.32 Å². The van der Waals surface area contributed by atoms with Crippen LogP contribution in [0.15, 0.2) is 23.1 Å². The summed E-state index contributed by atoms with van der Waals surface area (Å²) in [7, 11) is 0. The van der Waals surface area contributed by atoms with E-state index in [0.717, 1.165) is 19.3 Å². The summed E-state index contributed by atoms with van der Waals surface area (Å²) >= 11 is 0. The number of hydrogen-bond donors (Lipinski definition) is 1. The van der Waals surface area contributed by atoms with Crippen LogP contribution >= 0.6 is 0 Å². The molecule has 1 aromatic heterocycles. The lowest BCUT2D eigenvalue weighted by Gasteiger charge is -2.12. The third-order valence-corrected chi connectivity index (χ3v) is 3.66. The molecule has 0 aliphatic heterocycles. The average molecular weight is 309 g/mol. The van der Waals surface area contributed by atoms with Gasteiger partial charge in [0.05, 0.1) is 11.1 Å². The monoisotopic (exact) mass is 309 g/mol. The van der Waals surface area contributed by atoms with E-state index in [4.69, 9.17) is 0 Å². The molecule has 0 bridgehead atoms. The second-order valence-corrected chi connectivity index (χ2v) is 5.19. The van der Waals surface area contributed by atoms with Crippen LogP contribution in [0.5, 0.6) is 0 Å². The van der Waals surface area contributed by atoms with E-state index in [-0.39, 0.29) is 23.1 Å². The molecule has 0 aliphatic rings. The van der Waals surface area contributed by atoms with Gasteiger partial charge in [-0.2, -0.15) is 0 Å².